The molecule has 0 atom stereocenters. The predicted molar refractivity (Wildman–Crippen MR) is 93.2 cm³/mol. The van der Waals surface area contributed by atoms with Crippen LogP contribution in [-0.2, 0) is 4.79 Å². The van der Waals surface area contributed by atoms with Crippen LogP contribution in [0.3, 0.4) is 0 Å². The van der Waals surface area contributed by atoms with Crippen LogP contribution in [0.2, 0.25) is 0 Å². The van der Waals surface area contributed by atoms with Gasteiger partial charge in [0.15, 0.2) is 0 Å². The van der Waals surface area contributed by atoms with E-state index in [0.717, 1.165) is 11.6 Å². The standard InChI is InChI=1S/C20H17F3N2O/c1-10(26)24-15-6-12(7-15)18-16-8-14(22)9-17(23)20(16)25-19(18)11-2-4-13(21)5-3-11/h2-5,8-9,12,15,25H,6-7H2,1H3,(H,24,26). The number of H-pyrrole nitrogens is 1. The Labute approximate surface area is 148 Å². The molecule has 3 aromatic rings. The number of carbonyl (C=O) groups excluding carboxylic acids is 1. The summed E-state index contributed by atoms with van der Waals surface area (Å²) in [5.74, 6) is -1.70. The number of aromatic amines is 1. The van der Waals surface area contributed by atoms with E-state index in [-0.39, 0.29) is 29.2 Å². The van der Waals surface area contributed by atoms with E-state index in [1.165, 1.54) is 25.1 Å². The third-order valence-corrected chi connectivity index (χ3v) is 4.95. The fraction of sp³-hybridized carbons (Fsp3) is 0.250. The van der Waals surface area contributed by atoms with Crippen molar-refractivity contribution < 1.29 is 18.0 Å². The minimum Gasteiger partial charge on any atom is -0.354 e. The van der Waals surface area contributed by atoms with Gasteiger partial charge in [-0.25, -0.2) is 13.2 Å². The first-order valence-corrected chi connectivity index (χ1v) is 8.46. The topological polar surface area (TPSA) is 44.9 Å². The number of aromatic nitrogens is 1. The zero-order valence-electron chi connectivity index (χ0n) is 14.1. The number of halogens is 3. The highest BCUT2D eigenvalue weighted by atomic mass is 19.1. The molecule has 134 valence electrons. The Morgan fingerprint density at radius 3 is 2.42 bits per heavy atom. The van der Waals surface area contributed by atoms with Crippen LogP contribution in [0, 0.1) is 17.5 Å². The molecule has 1 heterocycles. The van der Waals surface area contributed by atoms with Crippen LogP contribution >= 0.6 is 0 Å². The third kappa shape index (κ3) is 2.85. The molecule has 0 spiro atoms. The molecule has 1 aliphatic carbocycles. The molecule has 0 aliphatic heterocycles. The van der Waals surface area contributed by atoms with Gasteiger partial charge in [0.25, 0.3) is 0 Å². The average Bonchev–Trinajstić information content (AvgIpc) is 2.90. The number of carbonyl (C=O) groups is 1. The van der Waals surface area contributed by atoms with Gasteiger partial charge in [0.1, 0.15) is 17.5 Å². The van der Waals surface area contributed by atoms with Crippen molar-refractivity contribution in [2.45, 2.75) is 31.7 Å². The highest BCUT2D eigenvalue weighted by Gasteiger charge is 2.35. The average molecular weight is 358 g/mol. The Bertz CT molecular complexity index is 988. The first-order valence-electron chi connectivity index (χ1n) is 8.46. The maximum Gasteiger partial charge on any atom is 0.217 e. The van der Waals surface area contributed by atoms with E-state index in [1.807, 2.05) is 0 Å². The van der Waals surface area contributed by atoms with Crippen LogP contribution in [0.15, 0.2) is 36.4 Å². The third-order valence-electron chi connectivity index (χ3n) is 4.95. The van der Waals surface area contributed by atoms with Crippen LogP contribution in [0.4, 0.5) is 13.2 Å². The summed E-state index contributed by atoms with van der Waals surface area (Å²) in [7, 11) is 0. The molecule has 1 amide bonds. The van der Waals surface area contributed by atoms with Gasteiger partial charge in [0.2, 0.25) is 5.91 Å². The van der Waals surface area contributed by atoms with Gasteiger partial charge in [-0.15, -0.1) is 0 Å². The minimum atomic E-state index is -0.660. The second-order valence-corrected chi connectivity index (χ2v) is 6.80. The van der Waals surface area contributed by atoms with Crippen LogP contribution in [0.25, 0.3) is 22.2 Å². The smallest absolute Gasteiger partial charge is 0.217 e. The van der Waals surface area contributed by atoms with E-state index in [0.29, 0.717) is 29.5 Å². The summed E-state index contributed by atoms with van der Waals surface area (Å²) in [5.41, 5.74) is 2.42. The van der Waals surface area contributed by atoms with E-state index in [4.69, 9.17) is 0 Å². The van der Waals surface area contributed by atoms with Gasteiger partial charge in [0.05, 0.1) is 11.2 Å². The molecular formula is C20H17F3N2O. The van der Waals surface area contributed by atoms with Gasteiger partial charge in [-0.3, -0.25) is 4.79 Å². The summed E-state index contributed by atoms with van der Waals surface area (Å²) in [6, 6.07) is 8.12. The van der Waals surface area contributed by atoms with Gasteiger partial charge >= 0.3 is 0 Å². The normalized spacial score (nSPS) is 19.4. The number of nitrogens with one attached hydrogen (secondary N) is 2. The maximum atomic E-state index is 14.3. The SMILES string of the molecule is CC(=O)NC1CC(c2c(-c3ccc(F)cc3)[nH]c3c(F)cc(F)cc23)C1. The van der Waals surface area contributed by atoms with Gasteiger partial charge in [-0.2, -0.15) is 0 Å². The van der Waals surface area contributed by atoms with Crippen LogP contribution in [0.5, 0.6) is 0 Å². The highest BCUT2D eigenvalue weighted by Crippen LogP contribution is 2.45. The molecule has 3 nitrogen and oxygen atoms in total. The molecule has 0 saturated heterocycles. The largest absolute Gasteiger partial charge is 0.354 e. The van der Waals surface area contributed by atoms with Gasteiger partial charge < -0.3 is 10.3 Å². The Balaban J connectivity index is 1.82. The molecule has 0 radical (unpaired) electrons. The minimum absolute atomic E-state index is 0.0573. The lowest BCUT2D eigenvalue weighted by molar-refractivity contribution is -0.120. The van der Waals surface area contributed by atoms with Crippen molar-refractivity contribution in [3.8, 4) is 11.3 Å². The van der Waals surface area contributed by atoms with E-state index in [9.17, 15) is 18.0 Å². The van der Waals surface area contributed by atoms with E-state index >= 15 is 0 Å². The molecule has 1 aromatic heterocycles. The zero-order chi connectivity index (χ0) is 18.4. The fourth-order valence-electron chi connectivity index (χ4n) is 3.77. The summed E-state index contributed by atoms with van der Waals surface area (Å²) in [4.78, 5) is 14.3. The second kappa shape index (κ2) is 6.20. The lowest BCUT2D eigenvalue weighted by Gasteiger charge is -2.36. The molecule has 1 fully saturated rings. The molecule has 1 aliphatic rings. The second-order valence-electron chi connectivity index (χ2n) is 6.80. The molecular weight excluding hydrogens is 341 g/mol. The summed E-state index contributed by atoms with van der Waals surface area (Å²) in [6.07, 6.45) is 1.39. The zero-order valence-corrected chi connectivity index (χ0v) is 14.1. The quantitative estimate of drug-likeness (QED) is 0.704. The van der Waals surface area contributed by atoms with E-state index in [2.05, 4.69) is 10.3 Å². The Hall–Kier alpha value is -2.76. The molecule has 0 bridgehead atoms. The number of hydrogen-bond donors (Lipinski definition) is 2. The highest BCUT2D eigenvalue weighted by molar-refractivity contribution is 5.92. The van der Waals surface area contributed by atoms with Gasteiger partial charge in [0, 0.05) is 24.4 Å². The van der Waals surface area contributed by atoms with Crippen molar-refractivity contribution >= 4 is 16.8 Å². The Morgan fingerprint density at radius 1 is 1.08 bits per heavy atom. The van der Waals surface area contributed by atoms with Crippen LogP contribution < -0.4 is 5.32 Å². The first-order chi connectivity index (χ1) is 12.4. The number of fused-ring (bicyclic) bond motifs is 1. The molecule has 4 rings (SSSR count). The van der Waals surface area contributed by atoms with Gasteiger partial charge in [-0.1, -0.05) is 0 Å². The molecule has 0 unspecified atom stereocenters. The molecule has 1 saturated carbocycles. The number of benzene rings is 2. The lowest BCUT2D eigenvalue weighted by Crippen LogP contribution is -2.42. The lowest BCUT2D eigenvalue weighted by atomic mass is 9.74. The molecule has 26 heavy (non-hydrogen) atoms. The summed E-state index contributed by atoms with van der Waals surface area (Å²) >= 11 is 0. The van der Waals surface area contributed by atoms with E-state index < -0.39 is 11.6 Å². The molecule has 2 N–H and O–H groups in total. The monoisotopic (exact) mass is 358 g/mol. The van der Waals surface area contributed by atoms with Crippen LogP contribution in [0.1, 0.15) is 31.2 Å². The molecule has 2 aromatic carbocycles. The Kier molecular flexibility index (Phi) is 3.98. The van der Waals surface area contributed by atoms with Crippen LogP contribution in [-0.4, -0.2) is 16.9 Å². The van der Waals surface area contributed by atoms with Crippen molar-refractivity contribution in [2.24, 2.45) is 0 Å². The summed E-state index contributed by atoms with van der Waals surface area (Å²) in [6.45, 7) is 1.47. The van der Waals surface area contributed by atoms with Crippen molar-refractivity contribution in [2.75, 3.05) is 0 Å². The fourth-order valence-corrected chi connectivity index (χ4v) is 3.77. The number of amides is 1. The first kappa shape index (κ1) is 16.7. The van der Waals surface area contributed by atoms with E-state index in [1.54, 1.807) is 12.1 Å². The Morgan fingerprint density at radius 2 is 1.77 bits per heavy atom. The van der Waals surface area contributed by atoms with Crippen molar-refractivity contribution in [1.82, 2.24) is 10.3 Å². The van der Waals surface area contributed by atoms with Crippen molar-refractivity contribution in [1.29, 1.82) is 0 Å². The summed E-state index contributed by atoms with van der Waals surface area (Å²) in [5, 5.41) is 3.36. The number of hydrogen-bond acceptors (Lipinski definition) is 1. The predicted octanol–water partition coefficient (Wildman–Crippen LogP) is 4.63. The number of rotatable bonds is 3. The summed E-state index contributed by atoms with van der Waals surface area (Å²) < 4.78 is 41.4. The maximum absolute atomic E-state index is 14.3. The van der Waals surface area contributed by atoms with Gasteiger partial charge in [-0.05, 0) is 60.2 Å². The van der Waals surface area contributed by atoms with Crippen molar-refractivity contribution in [3.63, 3.8) is 0 Å². The molecule has 6 heteroatoms. The van der Waals surface area contributed by atoms with Crippen molar-refractivity contribution in [3.05, 3.63) is 59.4 Å².